The smallest absolute Gasteiger partial charge is 0.245 e. The average Bonchev–Trinajstić information content (AvgIpc) is 3.20. The minimum absolute atomic E-state index is 0.0577. The van der Waals surface area contributed by atoms with Gasteiger partial charge >= 0.3 is 0 Å². The number of aliphatic hydroxyl groups excluding tert-OH is 2. The number of hydrazone groups is 1. The van der Waals surface area contributed by atoms with Gasteiger partial charge < -0.3 is 20.8 Å². The van der Waals surface area contributed by atoms with E-state index < -0.39 is 12.3 Å². The zero-order chi connectivity index (χ0) is 26.2. The number of rotatable bonds is 10. The fraction of sp³-hybridized carbons (Fsp3) is 0.333. The second-order valence-corrected chi connectivity index (χ2v) is 9.56. The highest BCUT2D eigenvalue weighted by Crippen LogP contribution is 2.25. The standard InChI is InChI=1S/C30H36N4O3/c1-3-25(32-21(2)29(36)23-10-6-4-5-7-11-23)18-22-14-16-26(17-15-22)33-28(35)20-34-30(37)27-13-9-8-12-24(27)19-31-34/h4-10,12-17,19,21,25,29-30,32,36-37H,3,11,18,20H2,1-2H3,(H,33,35)/t21-,25?,29+,30?/m1/s1. The third kappa shape index (κ3) is 7.04. The summed E-state index contributed by atoms with van der Waals surface area (Å²) < 4.78 is 0. The number of carbonyl (C=O) groups excluding carboxylic acids is 1. The van der Waals surface area contributed by atoms with Gasteiger partial charge in [0.1, 0.15) is 6.54 Å². The Balaban J connectivity index is 1.28. The van der Waals surface area contributed by atoms with Crippen LogP contribution in [0.2, 0.25) is 0 Å². The summed E-state index contributed by atoms with van der Waals surface area (Å²) in [6.07, 6.45) is 12.6. The molecule has 4 N–H and O–H groups in total. The molecule has 0 saturated heterocycles. The lowest BCUT2D eigenvalue weighted by atomic mass is 9.97. The number of carbonyl (C=O) groups is 1. The van der Waals surface area contributed by atoms with Gasteiger partial charge in [-0.2, -0.15) is 5.10 Å². The largest absolute Gasteiger partial charge is 0.387 e. The van der Waals surface area contributed by atoms with E-state index in [9.17, 15) is 15.0 Å². The van der Waals surface area contributed by atoms with Crippen LogP contribution in [0.5, 0.6) is 0 Å². The van der Waals surface area contributed by atoms with E-state index in [1.165, 1.54) is 5.01 Å². The first-order valence-electron chi connectivity index (χ1n) is 12.9. The highest BCUT2D eigenvalue weighted by atomic mass is 16.3. The van der Waals surface area contributed by atoms with Gasteiger partial charge in [0.15, 0.2) is 6.23 Å². The second-order valence-electron chi connectivity index (χ2n) is 9.56. The number of allylic oxidation sites excluding steroid dienone is 5. The Morgan fingerprint density at radius 3 is 2.70 bits per heavy atom. The minimum Gasteiger partial charge on any atom is -0.387 e. The van der Waals surface area contributed by atoms with E-state index in [2.05, 4.69) is 28.7 Å². The van der Waals surface area contributed by atoms with Crippen LogP contribution in [0.4, 0.5) is 5.69 Å². The van der Waals surface area contributed by atoms with Gasteiger partial charge in [0.25, 0.3) is 0 Å². The predicted octanol–water partition coefficient (Wildman–Crippen LogP) is 4.07. The van der Waals surface area contributed by atoms with E-state index in [-0.39, 0.29) is 24.5 Å². The summed E-state index contributed by atoms with van der Waals surface area (Å²) in [7, 11) is 0. The lowest BCUT2D eigenvalue weighted by Gasteiger charge is -2.29. The van der Waals surface area contributed by atoms with Crippen LogP contribution in [-0.2, 0) is 11.2 Å². The molecule has 0 bridgehead atoms. The van der Waals surface area contributed by atoms with Crippen molar-refractivity contribution in [2.45, 2.75) is 57.5 Å². The third-order valence-electron chi connectivity index (χ3n) is 6.79. The van der Waals surface area contributed by atoms with E-state index in [1.54, 1.807) is 6.21 Å². The summed E-state index contributed by atoms with van der Waals surface area (Å²) in [5.41, 5.74) is 4.42. The van der Waals surface area contributed by atoms with Gasteiger partial charge in [-0.15, -0.1) is 0 Å². The first-order chi connectivity index (χ1) is 17.9. The molecule has 1 amide bonds. The molecule has 2 aromatic carbocycles. The summed E-state index contributed by atoms with van der Waals surface area (Å²) in [4.78, 5) is 12.6. The zero-order valence-corrected chi connectivity index (χ0v) is 21.4. The predicted molar refractivity (Wildman–Crippen MR) is 148 cm³/mol. The van der Waals surface area contributed by atoms with Gasteiger partial charge in [-0.25, -0.2) is 0 Å². The average molecular weight is 501 g/mol. The van der Waals surface area contributed by atoms with Crippen molar-refractivity contribution in [2.24, 2.45) is 5.10 Å². The van der Waals surface area contributed by atoms with Crippen molar-refractivity contribution in [3.05, 3.63) is 101 Å². The van der Waals surface area contributed by atoms with Crippen molar-refractivity contribution in [3.63, 3.8) is 0 Å². The van der Waals surface area contributed by atoms with Crippen molar-refractivity contribution in [1.82, 2.24) is 10.3 Å². The molecule has 0 spiro atoms. The summed E-state index contributed by atoms with van der Waals surface area (Å²) >= 11 is 0. The van der Waals surface area contributed by atoms with E-state index in [1.807, 2.05) is 79.8 Å². The number of hydrogen-bond acceptors (Lipinski definition) is 6. The number of nitrogens with zero attached hydrogens (tertiary/aromatic N) is 2. The molecule has 2 unspecified atom stereocenters. The van der Waals surface area contributed by atoms with Crippen molar-refractivity contribution in [1.29, 1.82) is 0 Å². The SMILES string of the molecule is CCC(Cc1ccc(NC(=O)CN2N=Cc3ccccc3C2O)cc1)N[C@H](C)[C@H](O)C1=CC=CC=CC1. The Morgan fingerprint density at radius 2 is 1.92 bits per heavy atom. The Morgan fingerprint density at radius 1 is 1.14 bits per heavy atom. The fourth-order valence-corrected chi connectivity index (χ4v) is 4.63. The molecule has 194 valence electrons. The van der Waals surface area contributed by atoms with Crippen LogP contribution in [-0.4, -0.2) is 52.1 Å². The molecule has 2 aliphatic rings. The molecule has 1 aliphatic carbocycles. The van der Waals surface area contributed by atoms with Crippen LogP contribution in [0.15, 0.2) is 89.6 Å². The number of nitrogens with one attached hydrogen (secondary N) is 2. The summed E-state index contributed by atoms with van der Waals surface area (Å²) in [5.74, 6) is -0.253. The van der Waals surface area contributed by atoms with Crippen molar-refractivity contribution < 1.29 is 15.0 Å². The van der Waals surface area contributed by atoms with Crippen LogP contribution in [0, 0.1) is 0 Å². The molecular formula is C30H36N4O3. The van der Waals surface area contributed by atoms with Crippen LogP contribution in [0.3, 0.4) is 0 Å². The number of benzene rings is 2. The molecule has 0 fully saturated rings. The van der Waals surface area contributed by atoms with Gasteiger partial charge in [-0.3, -0.25) is 9.80 Å². The maximum atomic E-state index is 12.6. The molecule has 7 heteroatoms. The topological polar surface area (TPSA) is 97.2 Å². The Hall–Kier alpha value is -3.52. The lowest BCUT2D eigenvalue weighted by molar-refractivity contribution is -0.120. The van der Waals surface area contributed by atoms with E-state index in [0.717, 1.165) is 41.5 Å². The van der Waals surface area contributed by atoms with Crippen molar-refractivity contribution in [3.8, 4) is 0 Å². The van der Waals surface area contributed by atoms with Gasteiger partial charge in [0.2, 0.25) is 5.91 Å². The molecule has 37 heavy (non-hydrogen) atoms. The minimum atomic E-state index is -0.958. The molecule has 2 aromatic rings. The Bertz CT molecular complexity index is 1190. The first kappa shape index (κ1) is 26.5. The maximum Gasteiger partial charge on any atom is 0.245 e. The van der Waals surface area contributed by atoms with Crippen LogP contribution in [0.1, 0.15) is 49.6 Å². The summed E-state index contributed by atoms with van der Waals surface area (Å²) in [5, 5.41) is 33.4. The number of amides is 1. The van der Waals surface area contributed by atoms with E-state index in [4.69, 9.17) is 0 Å². The Kier molecular flexibility index (Phi) is 9.06. The number of aliphatic hydroxyl groups is 2. The molecule has 4 atom stereocenters. The van der Waals surface area contributed by atoms with Gasteiger partial charge in [0, 0.05) is 28.9 Å². The lowest BCUT2D eigenvalue weighted by Crippen LogP contribution is -2.45. The van der Waals surface area contributed by atoms with Crippen molar-refractivity contribution in [2.75, 3.05) is 11.9 Å². The number of hydrogen-bond donors (Lipinski definition) is 4. The summed E-state index contributed by atoms with van der Waals surface area (Å²) in [6.45, 7) is 4.10. The molecular weight excluding hydrogens is 464 g/mol. The molecule has 4 rings (SSSR count). The van der Waals surface area contributed by atoms with Crippen LogP contribution in [0.25, 0.3) is 0 Å². The fourth-order valence-electron chi connectivity index (χ4n) is 4.63. The molecule has 1 heterocycles. The number of anilines is 1. The normalized spacial score (nSPS) is 19.0. The highest BCUT2D eigenvalue weighted by Gasteiger charge is 2.24. The molecule has 7 nitrogen and oxygen atoms in total. The summed E-state index contributed by atoms with van der Waals surface area (Å²) in [6, 6.07) is 15.4. The second kappa shape index (κ2) is 12.6. The van der Waals surface area contributed by atoms with Gasteiger partial charge in [0.05, 0.1) is 12.3 Å². The number of fused-ring (bicyclic) bond motifs is 1. The Labute approximate surface area is 218 Å². The monoisotopic (exact) mass is 500 g/mol. The van der Waals surface area contributed by atoms with Gasteiger partial charge in [-0.05, 0) is 49.5 Å². The van der Waals surface area contributed by atoms with Crippen LogP contribution < -0.4 is 10.6 Å². The highest BCUT2D eigenvalue weighted by molar-refractivity contribution is 5.92. The maximum absolute atomic E-state index is 12.6. The third-order valence-corrected chi connectivity index (χ3v) is 6.79. The molecule has 1 aliphatic heterocycles. The molecule has 0 radical (unpaired) electrons. The van der Waals surface area contributed by atoms with E-state index in [0.29, 0.717) is 5.69 Å². The first-order valence-corrected chi connectivity index (χ1v) is 12.9. The zero-order valence-electron chi connectivity index (χ0n) is 21.4. The van der Waals surface area contributed by atoms with Crippen LogP contribution >= 0.6 is 0 Å². The van der Waals surface area contributed by atoms with E-state index >= 15 is 0 Å². The molecule has 0 aromatic heterocycles. The van der Waals surface area contributed by atoms with Gasteiger partial charge in [-0.1, -0.05) is 73.7 Å². The molecule has 0 saturated carbocycles. The van der Waals surface area contributed by atoms with Crippen molar-refractivity contribution >= 4 is 17.8 Å². The quantitative estimate of drug-likeness (QED) is 0.394.